The molecule has 0 aliphatic heterocycles. The maximum absolute atomic E-state index is 11.4. The Bertz CT molecular complexity index is 438. The van der Waals surface area contributed by atoms with Gasteiger partial charge in [0.05, 0.1) is 25.9 Å². The third-order valence-corrected chi connectivity index (χ3v) is 2.95. The zero-order chi connectivity index (χ0) is 15.1. The molecule has 0 heterocycles. The first kappa shape index (κ1) is 16.3. The van der Waals surface area contributed by atoms with Gasteiger partial charge in [-0.1, -0.05) is 13.8 Å². The molecule has 0 spiro atoms. The predicted octanol–water partition coefficient (Wildman–Crippen LogP) is 2.41. The summed E-state index contributed by atoms with van der Waals surface area (Å²) in [5.41, 5.74) is 0.412. The van der Waals surface area contributed by atoms with E-state index in [1.54, 1.807) is 18.2 Å². The zero-order valence-electron chi connectivity index (χ0n) is 12.4. The maximum Gasteiger partial charge on any atom is 0.337 e. The van der Waals surface area contributed by atoms with Crippen LogP contribution in [0.4, 0.5) is 0 Å². The van der Waals surface area contributed by atoms with Crippen LogP contribution >= 0.6 is 0 Å². The number of carbonyl (C=O) groups excluding carboxylic acids is 1. The van der Waals surface area contributed by atoms with Crippen LogP contribution in [0.2, 0.25) is 0 Å². The number of carbonyl (C=O) groups is 1. The van der Waals surface area contributed by atoms with Crippen molar-refractivity contribution in [2.24, 2.45) is 0 Å². The minimum Gasteiger partial charge on any atom is -0.493 e. The molecule has 1 N–H and O–H groups in total. The van der Waals surface area contributed by atoms with Crippen LogP contribution in [-0.4, -0.2) is 37.5 Å². The third kappa shape index (κ3) is 3.87. The Kier molecular flexibility index (Phi) is 6.31. The van der Waals surface area contributed by atoms with Crippen molar-refractivity contribution in [3.63, 3.8) is 0 Å². The van der Waals surface area contributed by atoms with E-state index < -0.39 is 5.97 Å². The van der Waals surface area contributed by atoms with Crippen LogP contribution in [0.1, 0.15) is 37.0 Å². The SMILES string of the molecule is CC.COC(=O)c1ccc(OC2CC(O)C2)c(OC)c1. The van der Waals surface area contributed by atoms with Crippen LogP contribution in [0.5, 0.6) is 11.5 Å². The molecule has 0 radical (unpaired) electrons. The lowest BCUT2D eigenvalue weighted by Crippen LogP contribution is -2.37. The van der Waals surface area contributed by atoms with Crippen molar-refractivity contribution in [3.05, 3.63) is 23.8 Å². The van der Waals surface area contributed by atoms with Gasteiger partial charge in [-0.25, -0.2) is 4.79 Å². The highest BCUT2D eigenvalue weighted by molar-refractivity contribution is 5.90. The predicted molar refractivity (Wildman–Crippen MR) is 75.3 cm³/mol. The Morgan fingerprint density at radius 2 is 1.85 bits per heavy atom. The summed E-state index contributed by atoms with van der Waals surface area (Å²) in [5.74, 6) is 0.639. The normalized spacial score (nSPS) is 20.1. The topological polar surface area (TPSA) is 65.0 Å². The Labute approximate surface area is 119 Å². The zero-order valence-corrected chi connectivity index (χ0v) is 12.4. The summed E-state index contributed by atoms with van der Waals surface area (Å²) in [5, 5.41) is 9.20. The second-order valence-corrected chi connectivity index (χ2v) is 4.22. The fourth-order valence-electron chi connectivity index (χ4n) is 1.82. The van der Waals surface area contributed by atoms with Gasteiger partial charge < -0.3 is 19.3 Å². The molecule has 20 heavy (non-hydrogen) atoms. The fraction of sp³-hybridized carbons (Fsp3) is 0.533. The summed E-state index contributed by atoms with van der Waals surface area (Å²) in [6.45, 7) is 4.00. The van der Waals surface area contributed by atoms with Crippen molar-refractivity contribution in [1.29, 1.82) is 0 Å². The van der Waals surface area contributed by atoms with Crippen molar-refractivity contribution in [2.75, 3.05) is 14.2 Å². The molecule has 0 aromatic heterocycles. The van der Waals surface area contributed by atoms with Crippen LogP contribution in [0.3, 0.4) is 0 Å². The summed E-state index contributed by atoms with van der Waals surface area (Å²) in [6, 6.07) is 4.88. The van der Waals surface area contributed by atoms with Gasteiger partial charge in [-0.2, -0.15) is 0 Å². The Morgan fingerprint density at radius 1 is 1.20 bits per heavy atom. The molecule has 0 unspecified atom stereocenters. The number of esters is 1. The van der Waals surface area contributed by atoms with E-state index in [1.807, 2.05) is 13.8 Å². The highest BCUT2D eigenvalue weighted by Crippen LogP contribution is 2.33. The summed E-state index contributed by atoms with van der Waals surface area (Å²) < 4.78 is 15.5. The van der Waals surface area contributed by atoms with E-state index in [9.17, 15) is 9.90 Å². The number of ether oxygens (including phenoxy) is 3. The van der Waals surface area contributed by atoms with Crippen molar-refractivity contribution >= 4 is 5.97 Å². The molecule has 112 valence electrons. The van der Waals surface area contributed by atoms with E-state index in [1.165, 1.54) is 14.2 Å². The molecular formula is C15H22O5. The molecule has 1 saturated carbocycles. The van der Waals surface area contributed by atoms with Gasteiger partial charge >= 0.3 is 5.97 Å². The third-order valence-electron chi connectivity index (χ3n) is 2.95. The minimum atomic E-state index is -0.418. The second kappa shape index (κ2) is 7.75. The van der Waals surface area contributed by atoms with Gasteiger partial charge in [0, 0.05) is 12.8 Å². The van der Waals surface area contributed by atoms with E-state index >= 15 is 0 Å². The van der Waals surface area contributed by atoms with Crippen molar-refractivity contribution in [3.8, 4) is 11.5 Å². The van der Waals surface area contributed by atoms with E-state index in [-0.39, 0.29) is 12.2 Å². The van der Waals surface area contributed by atoms with Crippen LogP contribution in [0.15, 0.2) is 18.2 Å². The lowest BCUT2D eigenvalue weighted by molar-refractivity contribution is -0.0118. The molecule has 1 aromatic rings. The number of hydrogen-bond acceptors (Lipinski definition) is 5. The second-order valence-electron chi connectivity index (χ2n) is 4.22. The number of aliphatic hydroxyl groups is 1. The molecule has 0 amide bonds. The molecule has 1 fully saturated rings. The van der Waals surface area contributed by atoms with E-state index in [0.29, 0.717) is 29.9 Å². The fourth-order valence-corrected chi connectivity index (χ4v) is 1.82. The van der Waals surface area contributed by atoms with Gasteiger partial charge in [0.15, 0.2) is 11.5 Å². The highest BCUT2D eigenvalue weighted by atomic mass is 16.5. The molecule has 0 bridgehead atoms. The van der Waals surface area contributed by atoms with E-state index in [4.69, 9.17) is 9.47 Å². The molecule has 1 aliphatic rings. The average Bonchev–Trinajstić information content (AvgIpc) is 2.47. The van der Waals surface area contributed by atoms with Crippen molar-refractivity contribution < 1.29 is 24.1 Å². The van der Waals surface area contributed by atoms with Gasteiger partial charge in [0.1, 0.15) is 6.10 Å². The molecule has 1 aromatic carbocycles. The molecule has 5 nitrogen and oxygen atoms in total. The molecule has 2 rings (SSSR count). The van der Waals surface area contributed by atoms with Gasteiger partial charge in [0.25, 0.3) is 0 Å². The Balaban J connectivity index is 0.000000956. The smallest absolute Gasteiger partial charge is 0.337 e. The van der Waals surface area contributed by atoms with E-state index in [2.05, 4.69) is 4.74 Å². The first-order valence-electron chi connectivity index (χ1n) is 6.75. The standard InChI is InChI=1S/C13H16O5.C2H6/c1-16-12-5-8(13(15)17-2)3-4-11(12)18-10-6-9(14)7-10;1-2/h3-5,9-10,14H,6-7H2,1-2H3;1-2H3. The molecular weight excluding hydrogens is 260 g/mol. The van der Waals surface area contributed by atoms with E-state index in [0.717, 1.165) is 0 Å². The number of rotatable bonds is 4. The molecule has 0 saturated heterocycles. The monoisotopic (exact) mass is 282 g/mol. The number of aliphatic hydroxyl groups excluding tert-OH is 1. The van der Waals surface area contributed by atoms with Gasteiger partial charge in [-0.15, -0.1) is 0 Å². The van der Waals surface area contributed by atoms with Gasteiger partial charge in [0.2, 0.25) is 0 Å². The molecule has 5 heteroatoms. The van der Waals surface area contributed by atoms with Gasteiger partial charge in [-0.3, -0.25) is 0 Å². The first-order chi connectivity index (χ1) is 9.63. The summed E-state index contributed by atoms with van der Waals surface area (Å²) in [4.78, 5) is 11.4. The van der Waals surface area contributed by atoms with Gasteiger partial charge in [-0.05, 0) is 18.2 Å². The van der Waals surface area contributed by atoms with Crippen LogP contribution < -0.4 is 9.47 Å². The highest BCUT2D eigenvalue weighted by Gasteiger charge is 2.29. The summed E-state index contributed by atoms with van der Waals surface area (Å²) in [7, 11) is 2.84. The number of methoxy groups -OCH3 is 2. The first-order valence-corrected chi connectivity index (χ1v) is 6.75. The number of hydrogen-bond donors (Lipinski definition) is 1. The van der Waals surface area contributed by atoms with Crippen molar-refractivity contribution in [1.82, 2.24) is 0 Å². The average molecular weight is 282 g/mol. The largest absolute Gasteiger partial charge is 0.493 e. The Hall–Kier alpha value is -1.75. The summed E-state index contributed by atoms with van der Waals surface area (Å²) >= 11 is 0. The minimum absolute atomic E-state index is 0.0119. The van der Waals surface area contributed by atoms with Crippen LogP contribution in [0, 0.1) is 0 Å². The Morgan fingerprint density at radius 3 is 2.35 bits per heavy atom. The van der Waals surface area contributed by atoms with Crippen LogP contribution in [0.25, 0.3) is 0 Å². The van der Waals surface area contributed by atoms with Crippen molar-refractivity contribution in [2.45, 2.75) is 38.9 Å². The maximum atomic E-state index is 11.4. The quantitative estimate of drug-likeness (QED) is 0.859. The lowest BCUT2D eigenvalue weighted by Gasteiger charge is -2.32. The summed E-state index contributed by atoms with van der Waals surface area (Å²) in [6.07, 6.45) is 0.998. The molecule has 1 aliphatic carbocycles. The lowest BCUT2D eigenvalue weighted by atomic mass is 9.92. The number of benzene rings is 1. The molecule has 0 atom stereocenters. The van der Waals surface area contributed by atoms with Crippen LogP contribution in [-0.2, 0) is 4.74 Å².